The molecule has 0 rings (SSSR count). The zero-order valence-corrected chi connectivity index (χ0v) is 23.3. The maximum atomic E-state index is 12.4. The fourth-order valence-corrected chi connectivity index (χ4v) is 4.71. The molecule has 200 valence electrons. The zero-order chi connectivity index (χ0) is 25.0. The summed E-state index contributed by atoms with van der Waals surface area (Å²) in [6.45, 7) is 4.53. The molecule has 0 radical (unpaired) electrons. The standard InChI is InChI=1S/C32H60O2/c1-3-5-7-9-11-13-15-16-17-19-20-22-24-26-28-31(30-33)32(34)29-27-25-23-21-18-14-12-10-8-6-4-2/h16-17,30-31H,3-15,18-29H2,1-2H3/b17-16-. The van der Waals surface area contributed by atoms with E-state index in [9.17, 15) is 9.59 Å². The van der Waals surface area contributed by atoms with Gasteiger partial charge in [-0.05, 0) is 38.5 Å². The lowest BCUT2D eigenvalue weighted by Crippen LogP contribution is -2.15. The van der Waals surface area contributed by atoms with Crippen LogP contribution >= 0.6 is 0 Å². The van der Waals surface area contributed by atoms with E-state index in [1.165, 1.54) is 122 Å². The molecule has 0 aromatic carbocycles. The Kier molecular flexibility index (Phi) is 27.6. The first-order chi connectivity index (χ1) is 16.8. The van der Waals surface area contributed by atoms with Gasteiger partial charge in [-0.15, -0.1) is 0 Å². The van der Waals surface area contributed by atoms with Crippen LogP contribution in [0, 0.1) is 5.92 Å². The van der Waals surface area contributed by atoms with Gasteiger partial charge < -0.3 is 4.79 Å². The number of hydrogen-bond acceptors (Lipinski definition) is 2. The molecular formula is C32H60O2. The summed E-state index contributed by atoms with van der Waals surface area (Å²) in [5, 5.41) is 0. The molecule has 1 unspecified atom stereocenters. The van der Waals surface area contributed by atoms with Crippen LogP contribution < -0.4 is 0 Å². The molecule has 1 atom stereocenters. The highest BCUT2D eigenvalue weighted by Crippen LogP contribution is 2.16. The van der Waals surface area contributed by atoms with Crippen LogP contribution in [0.1, 0.15) is 174 Å². The zero-order valence-electron chi connectivity index (χ0n) is 23.3. The Morgan fingerprint density at radius 2 is 0.912 bits per heavy atom. The molecule has 0 heterocycles. The lowest BCUT2D eigenvalue weighted by molar-refractivity contribution is -0.127. The van der Waals surface area contributed by atoms with Gasteiger partial charge in [0.25, 0.3) is 0 Å². The Bertz CT molecular complexity index is 454. The summed E-state index contributed by atoms with van der Waals surface area (Å²) < 4.78 is 0. The second-order valence-corrected chi connectivity index (χ2v) is 10.5. The van der Waals surface area contributed by atoms with E-state index in [0.29, 0.717) is 6.42 Å². The smallest absolute Gasteiger partial charge is 0.143 e. The number of Topliss-reactive ketones (excluding diaryl/α,β-unsaturated/α-hetero) is 1. The van der Waals surface area contributed by atoms with E-state index in [0.717, 1.165) is 38.4 Å². The van der Waals surface area contributed by atoms with Crippen LogP contribution in [-0.2, 0) is 9.59 Å². The number of hydrogen-bond donors (Lipinski definition) is 0. The molecule has 34 heavy (non-hydrogen) atoms. The van der Waals surface area contributed by atoms with Gasteiger partial charge >= 0.3 is 0 Å². The number of aldehydes is 1. The monoisotopic (exact) mass is 476 g/mol. The number of allylic oxidation sites excluding steroid dienone is 2. The van der Waals surface area contributed by atoms with Gasteiger partial charge in [-0.3, -0.25) is 4.79 Å². The normalized spacial score (nSPS) is 12.4. The fraction of sp³-hybridized carbons (Fsp3) is 0.875. The summed E-state index contributed by atoms with van der Waals surface area (Å²) >= 11 is 0. The molecule has 0 amide bonds. The maximum absolute atomic E-state index is 12.4. The van der Waals surface area contributed by atoms with Gasteiger partial charge in [-0.1, -0.05) is 142 Å². The molecular weight excluding hydrogens is 416 g/mol. The largest absolute Gasteiger partial charge is 0.303 e. The van der Waals surface area contributed by atoms with E-state index >= 15 is 0 Å². The van der Waals surface area contributed by atoms with Gasteiger partial charge in [0, 0.05) is 6.42 Å². The summed E-state index contributed by atoms with van der Waals surface area (Å²) in [5.41, 5.74) is 0. The maximum Gasteiger partial charge on any atom is 0.143 e. The van der Waals surface area contributed by atoms with Gasteiger partial charge in [0.2, 0.25) is 0 Å². The SMILES string of the molecule is CCCCCCCC/C=C\CCCCCCC(C=O)C(=O)CCCCCCCCCCCCC. The van der Waals surface area contributed by atoms with Crippen molar-refractivity contribution >= 4 is 12.1 Å². The Labute approximate surface area is 214 Å². The summed E-state index contributed by atoms with van der Waals surface area (Å²) in [6.07, 6.45) is 36.4. The molecule has 0 saturated carbocycles. The third-order valence-electron chi connectivity index (χ3n) is 7.13. The van der Waals surface area contributed by atoms with Crippen LogP contribution in [-0.4, -0.2) is 12.1 Å². The van der Waals surface area contributed by atoms with Gasteiger partial charge in [0.15, 0.2) is 0 Å². The molecule has 0 N–H and O–H groups in total. The van der Waals surface area contributed by atoms with Crippen molar-refractivity contribution < 1.29 is 9.59 Å². The summed E-state index contributed by atoms with van der Waals surface area (Å²) in [5.74, 6) is -0.163. The van der Waals surface area contributed by atoms with Crippen LogP contribution in [0.15, 0.2) is 12.2 Å². The third-order valence-corrected chi connectivity index (χ3v) is 7.13. The fourth-order valence-electron chi connectivity index (χ4n) is 4.71. The van der Waals surface area contributed by atoms with E-state index in [2.05, 4.69) is 26.0 Å². The van der Waals surface area contributed by atoms with Crippen molar-refractivity contribution in [3.05, 3.63) is 12.2 Å². The number of ketones is 1. The average Bonchev–Trinajstić information content (AvgIpc) is 2.85. The summed E-state index contributed by atoms with van der Waals surface area (Å²) in [6, 6.07) is 0. The minimum absolute atomic E-state index is 0.184. The van der Waals surface area contributed by atoms with Gasteiger partial charge in [-0.2, -0.15) is 0 Å². The molecule has 0 saturated heterocycles. The highest BCUT2D eigenvalue weighted by Gasteiger charge is 2.16. The Morgan fingerprint density at radius 1 is 0.529 bits per heavy atom. The second-order valence-electron chi connectivity index (χ2n) is 10.5. The summed E-state index contributed by atoms with van der Waals surface area (Å²) in [7, 11) is 0. The Hall–Kier alpha value is -0.920. The Morgan fingerprint density at radius 3 is 1.35 bits per heavy atom. The predicted molar refractivity (Wildman–Crippen MR) is 150 cm³/mol. The second kappa shape index (κ2) is 28.3. The highest BCUT2D eigenvalue weighted by atomic mass is 16.1. The van der Waals surface area contributed by atoms with Crippen molar-refractivity contribution in [1.82, 2.24) is 0 Å². The van der Waals surface area contributed by atoms with Crippen molar-refractivity contribution in [2.45, 2.75) is 174 Å². The third kappa shape index (κ3) is 24.2. The molecule has 0 bridgehead atoms. The minimum atomic E-state index is -0.347. The molecule has 0 aliphatic rings. The van der Waals surface area contributed by atoms with E-state index in [1.807, 2.05) is 0 Å². The van der Waals surface area contributed by atoms with E-state index in [-0.39, 0.29) is 11.7 Å². The van der Waals surface area contributed by atoms with E-state index < -0.39 is 0 Å². The van der Waals surface area contributed by atoms with E-state index in [1.54, 1.807) is 0 Å². The van der Waals surface area contributed by atoms with Gasteiger partial charge in [0.1, 0.15) is 12.1 Å². The lowest BCUT2D eigenvalue weighted by Gasteiger charge is -2.09. The van der Waals surface area contributed by atoms with Crippen LogP contribution in [0.4, 0.5) is 0 Å². The summed E-state index contributed by atoms with van der Waals surface area (Å²) in [4.78, 5) is 23.7. The van der Waals surface area contributed by atoms with Crippen molar-refractivity contribution in [3.8, 4) is 0 Å². The number of carbonyl (C=O) groups excluding carboxylic acids is 2. The highest BCUT2D eigenvalue weighted by molar-refractivity contribution is 5.93. The van der Waals surface area contributed by atoms with Crippen LogP contribution in [0.2, 0.25) is 0 Å². The molecule has 0 spiro atoms. The topological polar surface area (TPSA) is 34.1 Å². The van der Waals surface area contributed by atoms with Crippen LogP contribution in [0.5, 0.6) is 0 Å². The molecule has 2 nitrogen and oxygen atoms in total. The molecule has 0 fully saturated rings. The average molecular weight is 477 g/mol. The quantitative estimate of drug-likeness (QED) is 0.0487. The molecule has 0 aromatic rings. The van der Waals surface area contributed by atoms with Crippen molar-refractivity contribution in [2.75, 3.05) is 0 Å². The first kappa shape index (κ1) is 33.1. The van der Waals surface area contributed by atoms with Crippen LogP contribution in [0.3, 0.4) is 0 Å². The van der Waals surface area contributed by atoms with Crippen molar-refractivity contribution in [3.63, 3.8) is 0 Å². The predicted octanol–water partition coefficient (Wildman–Crippen LogP) is 10.7. The van der Waals surface area contributed by atoms with Crippen molar-refractivity contribution in [1.29, 1.82) is 0 Å². The Balaban J connectivity index is 3.50. The molecule has 0 aliphatic carbocycles. The lowest BCUT2D eigenvalue weighted by atomic mass is 9.94. The van der Waals surface area contributed by atoms with Crippen molar-refractivity contribution in [2.24, 2.45) is 5.92 Å². The molecule has 2 heteroatoms. The van der Waals surface area contributed by atoms with Crippen LogP contribution in [0.25, 0.3) is 0 Å². The van der Waals surface area contributed by atoms with E-state index in [4.69, 9.17) is 0 Å². The molecule has 0 aromatic heterocycles. The number of carbonyl (C=O) groups is 2. The molecule has 0 aliphatic heterocycles. The number of rotatable bonds is 28. The van der Waals surface area contributed by atoms with Gasteiger partial charge in [0.05, 0.1) is 5.92 Å². The minimum Gasteiger partial charge on any atom is -0.303 e. The number of unbranched alkanes of at least 4 members (excludes halogenated alkanes) is 20. The van der Waals surface area contributed by atoms with Gasteiger partial charge in [-0.25, -0.2) is 0 Å². The first-order valence-corrected chi connectivity index (χ1v) is 15.4. The first-order valence-electron chi connectivity index (χ1n) is 15.4.